The van der Waals surface area contributed by atoms with E-state index >= 15 is 0 Å². The number of hydrogen-bond acceptors (Lipinski definition) is 5. The van der Waals surface area contributed by atoms with Gasteiger partial charge >= 0.3 is 5.97 Å². The van der Waals surface area contributed by atoms with Gasteiger partial charge in [0.1, 0.15) is 0 Å². The van der Waals surface area contributed by atoms with Crippen LogP contribution >= 0.6 is 11.6 Å². The Morgan fingerprint density at radius 2 is 1.90 bits per heavy atom. The molecule has 1 aliphatic heterocycles. The zero-order valence-corrected chi connectivity index (χ0v) is 12.7. The number of aromatic carboxylic acids is 1. The fourth-order valence-corrected chi connectivity index (χ4v) is 2.76. The van der Waals surface area contributed by atoms with E-state index in [2.05, 4.69) is 9.97 Å². The summed E-state index contributed by atoms with van der Waals surface area (Å²) in [6.07, 6.45) is 1.32. The molecular weight excluding hydrogens is 282 g/mol. The van der Waals surface area contributed by atoms with Crippen LogP contribution in [0, 0.1) is 0 Å². The Hall–Kier alpha value is -1.40. The van der Waals surface area contributed by atoms with E-state index in [0.29, 0.717) is 19.0 Å². The number of morpholine rings is 1. The van der Waals surface area contributed by atoms with E-state index in [1.54, 1.807) is 0 Å². The molecule has 110 valence electrons. The maximum atomic E-state index is 11.1. The van der Waals surface area contributed by atoms with Gasteiger partial charge in [0.05, 0.1) is 22.4 Å². The second kappa shape index (κ2) is 4.86. The van der Waals surface area contributed by atoms with Crippen LogP contribution in [0.25, 0.3) is 0 Å². The third-order valence-electron chi connectivity index (χ3n) is 2.91. The second-order valence-electron chi connectivity index (χ2n) is 6.15. The zero-order valence-electron chi connectivity index (χ0n) is 12.0. The molecule has 0 atom stereocenters. The summed E-state index contributed by atoms with van der Waals surface area (Å²) >= 11 is 5.79. The minimum Gasteiger partial charge on any atom is -0.476 e. The average Bonchev–Trinajstić information content (AvgIpc) is 2.24. The smallest absolute Gasteiger partial charge is 0.356 e. The largest absolute Gasteiger partial charge is 0.476 e. The van der Waals surface area contributed by atoms with Crippen molar-refractivity contribution >= 4 is 23.5 Å². The Bertz CT molecular complexity index is 530. The fourth-order valence-electron chi connectivity index (χ4n) is 2.59. The summed E-state index contributed by atoms with van der Waals surface area (Å²) in [6, 6.07) is 0. The van der Waals surface area contributed by atoms with Crippen LogP contribution in [0.2, 0.25) is 5.02 Å². The number of ether oxygens (including phenoxy) is 1. The van der Waals surface area contributed by atoms with Crippen molar-refractivity contribution in [2.75, 3.05) is 18.0 Å². The number of carboxylic acids is 1. The normalized spacial score (nSPS) is 20.8. The minimum atomic E-state index is -1.16. The SMILES string of the molecule is CC1(C)CN(c2ncc(Cl)c(C(=O)O)n2)CC(C)(C)O1. The van der Waals surface area contributed by atoms with Crippen LogP contribution in [-0.2, 0) is 4.74 Å². The highest BCUT2D eigenvalue weighted by Gasteiger charge is 2.39. The van der Waals surface area contributed by atoms with E-state index in [1.165, 1.54) is 6.20 Å². The predicted octanol–water partition coefficient (Wildman–Crippen LogP) is 2.22. The van der Waals surface area contributed by atoms with Crippen LogP contribution in [0.5, 0.6) is 0 Å². The Morgan fingerprint density at radius 1 is 1.35 bits per heavy atom. The molecule has 1 saturated heterocycles. The van der Waals surface area contributed by atoms with Crippen molar-refractivity contribution < 1.29 is 14.6 Å². The zero-order chi connectivity index (χ0) is 15.1. The molecule has 1 aromatic heterocycles. The lowest BCUT2D eigenvalue weighted by molar-refractivity contribution is -0.133. The number of aromatic nitrogens is 2. The molecule has 2 heterocycles. The second-order valence-corrected chi connectivity index (χ2v) is 6.56. The van der Waals surface area contributed by atoms with E-state index in [9.17, 15) is 4.79 Å². The summed E-state index contributed by atoms with van der Waals surface area (Å²) in [6.45, 7) is 9.09. The molecule has 0 aliphatic carbocycles. The first kappa shape index (κ1) is 15.0. The van der Waals surface area contributed by atoms with E-state index in [0.717, 1.165) is 0 Å². The standard InChI is InChI=1S/C13H18ClN3O3/c1-12(2)6-17(7-13(3,4)20-12)11-15-5-8(14)9(16-11)10(18)19/h5H,6-7H2,1-4H3,(H,18,19). The van der Waals surface area contributed by atoms with Gasteiger partial charge in [0.15, 0.2) is 5.69 Å². The summed E-state index contributed by atoms with van der Waals surface area (Å²) in [4.78, 5) is 21.2. The van der Waals surface area contributed by atoms with Gasteiger partial charge in [-0.15, -0.1) is 0 Å². The number of halogens is 1. The molecule has 2 rings (SSSR count). The van der Waals surface area contributed by atoms with Crippen LogP contribution in [0.1, 0.15) is 38.2 Å². The number of nitrogens with zero attached hydrogens (tertiary/aromatic N) is 3. The van der Waals surface area contributed by atoms with Crippen molar-refractivity contribution in [2.24, 2.45) is 0 Å². The van der Waals surface area contributed by atoms with Crippen LogP contribution in [0.15, 0.2) is 6.20 Å². The molecule has 0 bridgehead atoms. The number of carbonyl (C=O) groups is 1. The Morgan fingerprint density at radius 3 is 2.40 bits per heavy atom. The monoisotopic (exact) mass is 299 g/mol. The number of hydrogen-bond donors (Lipinski definition) is 1. The first-order valence-electron chi connectivity index (χ1n) is 6.31. The maximum Gasteiger partial charge on any atom is 0.356 e. The molecule has 0 aromatic carbocycles. The molecule has 6 nitrogen and oxygen atoms in total. The van der Waals surface area contributed by atoms with E-state index < -0.39 is 5.97 Å². The molecule has 1 aliphatic rings. The van der Waals surface area contributed by atoms with Gasteiger partial charge in [0, 0.05) is 13.1 Å². The summed E-state index contributed by atoms with van der Waals surface area (Å²) < 4.78 is 5.97. The van der Waals surface area contributed by atoms with Gasteiger partial charge in [-0.25, -0.2) is 14.8 Å². The van der Waals surface area contributed by atoms with E-state index in [-0.39, 0.29) is 21.9 Å². The van der Waals surface area contributed by atoms with Gasteiger partial charge in [0.25, 0.3) is 0 Å². The molecule has 20 heavy (non-hydrogen) atoms. The lowest BCUT2D eigenvalue weighted by Crippen LogP contribution is -2.57. The highest BCUT2D eigenvalue weighted by molar-refractivity contribution is 6.33. The minimum absolute atomic E-state index is 0.0352. The van der Waals surface area contributed by atoms with Gasteiger partial charge < -0.3 is 14.7 Å². The number of anilines is 1. The topological polar surface area (TPSA) is 75.6 Å². The molecule has 1 fully saturated rings. The number of rotatable bonds is 2. The van der Waals surface area contributed by atoms with Crippen molar-refractivity contribution in [3.8, 4) is 0 Å². The highest BCUT2D eigenvalue weighted by atomic mass is 35.5. The van der Waals surface area contributed by atoms with Crippen LogP contribution in [0.4, 0.5) is 5.95 Å². The third-order valence-corrected chi connectivity index (χ3v) is 3.19. The molecule has 0 amide bonds. The first-order valence-corrected chi connectivity index (χ1v) is 6.68. The van der Waals surface area contributed by atoms with Gasteiger partial charge in [-0.2, -0.15) is 0 Å². The first-order chi connectivity index (χ1) is 9.10. The Kier molecular flexibility index (Phi) is 3.64. The van der Waals surface area contributed by atoms with Crippen molar-refractivity contribution in [3.05, 3.63) is 16.9 Å². The molecule has 0 radical (unpaired) electrons. The van der Waals surface area contributed by atoms with Crippen molar-refractivity contribution in [1.29, 1.82) is 0 Å². The third kappa shape index (κ3) is 3.19. The molecule has 0 saturated carbocycles. The van der Waals surface area contributed by atoms with Crippen LogP contribution in [0.3, 0.4) is 0 Å². The Balaban J connectivity index is 2.36. The molecule has 1 N–H and O–H groups in total. The van der Waals surface area contributed by atoms with Gasteiger partial charge in [-0.3, -0.25) is 0 Å². The summed E-state index contributed by atoms with van der Waals surface area (Å²) in [7, 11) is 0. The lowest BCUT2D eigenvalue weighted by Gasteiger charge is -2.47. The van der Waals surface area contributed by atoms with Crippen molar-refractivity contribution in [3.63, 3.8) is 0 Å². The Labute approximate surface area is 122 Å². The predicted molar refractivity (Wildman–Crippen MR) is 75.5 cm³/mol. The van der Waals surface area contributed by atoms with E-state index in [4.69, 9.17) is 21.4 Å². The van der Waals surface area contributed by atoms with Gasteiger partial charge in [-0.05, 0) is 27.7 Å². The average molecular weight is 300 g/mol. The molecular formula is C13H18ClN3O3. The maximum absolute atomic E-state index is 11.1. The van der Waals surface area contributed by atoms with Crippen LogP contribution in [-0.4, -0.2) is 45.3 Å². The molecule has 7 heteroatoms. The molecule has 1 aromatic rings. The summed E-state index contributed by atoms with van der Waals surface area (Å²) in [5.74, 6) is -0.804. The number of carboxylic acid groups (broad SMARTS) is 1. The highest BCUT2D eigenvalue weighted by Crippen LogP contribution is 2.30. The summed E-state index contributed by atoms with van der Waals surface area (Å²) in [5.41, 5.74) is -0.916. The summed E-state index contributed by atoms with van der Waals surface area (Å²) in [5, 5.41) is 9.11. The quantitative estimate of drug-likeness (QED) is 0.902. The van der Waals surface area contributed by atoms with E-state index in [1.807, 2.05) is 32.6 Å². The van der Waals surface area contributed by atoms with Gasteiger partial charge in [-0.1, -0.05) is 11.6 Å². The molecule has 0 unspecified atom stereocenters. The van der Waals surface area contributed by atoms with Crippen molar-refractivity contribution in [2.45, 2.75) is 38.9 Å². The van der Waals surface area contributed by atoms with Crippen molar-refractivity contribution in [1.82, 2.24) is 9.97 Å². The molecule has 0 spiro atoms. The fraction of sp³-hybridized carbons (Fsp3) is 0.615. The lowest BCUT2D eigenvalue weighted by atomic mass is 9.99. The van der Waals surface area contributed by atoms with Crippen LogP contribution < -0.4 is 4.90 Å². The van der Waals surface area contributed by atoms with Gasteiger partial charge in [0.2, 0.25) is 5.95 Å².